The Morgan fingerprint density at radius 1 is 1.19 bits per heavy atom. The van der Waals surface area contributed by atoms with Crippen LogP contribution in [0.25, 0.3) is 11.8 Å². The lowest BCUT2D eigenvalue weighted by atomic mass is 9.68. The number of rotatable bonds is 2. The third-order valence-electron chi connectivity index (χ3n) is 5.79. The van der Waals surface area contributed by atoms with Gasteiger partial charge in [-0.25, -0.2) is 18.3 Å². The second-order valence-electron chi connectivity index (χ2n) is 9.14. The summed E-state index contributed by atoms with van der Waals surface area (Å²) in [5.74, 6) is -2.35. The van der Waals surface area contributed by atoms with Crippen molar-refractivity contribution in [2.45, 2.75) is 39.2 Å². The highest BCUT2D eigenvalue weighted by Gasteiger charge is 2.51. The van der Waals surface area contributed by atoms with Crippen LogP contribution in [0.3, 0.4) is 0 Å². The fraction of sp³-hybridized carbons (Fsp3) is 0.435. The first-order valence-electron chi connectivity index (χ1n) is 10.3. The minimum atomic E-state index is -1.06. The van der Waals surface area contributed by atoms with Crippen LogP contribution in [0.1, 0.15) is 38.4 Å². The molecule has 7 nitrogen and oxygen atoms in total. The number of methoxy groups -OCH3 is 1. The minimum Gasteiger partial charge on any atom is -0.468 e. The van der Waals surface area contributed by atoms with Crippen LogP contribution >= 0.6 is 0 Å². The fourth-order valence-corrected chi connectivity index (χ4v) is 4.32. The van der Waals surface area contributed by atoms with Gasteiger partial charge in [0.15, 0.2) is 11.6 Å². The molecule has 0 bridgehead atoms. The largest absolute Gasteiger partial charge is 0.468 e. The number of hydrogen-bond acceptors (Lipinski definition) is 5. The van der Waals surface area contributed by atoms with Crippen molar-refractivity contribution in [1.29, 1.82) is 0 Å². The molecule has 2 heterocycles. The zero-order chi connectivity index (χ0) is 23.3. The van der Waals surface area contributed by atoms with E-state index in [9.17, 15) is 18.4 Å². The van der Waals surface area contributed by atoms with E-state index in [0.717, 1.165) is 23.3 Å². The van der Waals surface area contributed by atoms with Gasteiger partial charge in [0.1, 0.15) is 11.0 Å². The number of amides is 1. The maximum absolute atomic E-state index is 13.8. The Hall–Kier alpha value is -3.23. The van der Waals surface area contributed by atoms with E-state index in [4.69, 9.17) is 9.47 Å². The average Bonchev–Trinajstić information content (AvgIpc) is 3.14. The molecule has 0 spiro atoms. The molecule has 0 saturated carbocycles. The monoisotopic (exact) mass is 445 g/mol. The summed E-state index contributed by atoms with van der Waals surface area (Å²) in [7, 11) is 1.32. The Morgan fingerprint density at radius 3 is 2.59 bits per heavy atom. The molecule has 1 saturated heterocycles. The molecule has 1 fully saturated rings. The van der Waals surface area contributed by atoms with Crippen LogP contribution in [0, 0.1) is 17.0 Å². The van der Waals surface area contributed by atoms with Crippen LogP contribution in [0.4, 0.5) is 13.6 Å². The van der Waals surface area contributed by atoms with Gasteiger partial charge in [-0.1, -0.05) is 0 Å². The summed E-state index contributed by atoms with van der Waals surface area (Å²) in [4.78, 5) is 27.2. The summed E-state index contributed by atoms with van der Waals surface area (Å²) in [6, 6.07) is 3.57. The summed E-state index contributed by atoms with van der Waals surface area (Å²) >= 11 is 0. The average molecular weight is 445 g/mol. The Kier molecular flexibility index (Phi) is 5.30. The van der Waals surface area contributed by atoms with E-state index >= 15 is 0 Å². The normalized spacial score (nSPS) is 20.2. The number of aromatic nitrogens is 2. The van der Waals surface area contributed by atoms with Crippen molar-refractivity contribution in [3.8, 4) is 5.69 Å². The number of likely N-dealkylation sites (tertiary alicyclic amines) is 1. The highest BCUT2D eigenvalue weighted by atomic mass is 19.2. The van der Waals surface area contributed by atoms with Crippen molar-refractivity contribution >= 4 is 18.1 Å². The summed E-state index contributed by atoms with van der Waals surface area (Å²) in [5.41, 5.74) is 0.904. The van der Waals surface area contributed by atoms with Crippen molar-refractivity contribution in [3.05, 3.63) is 52.9 Å². The first kappa shape index (κ1) is 22.0. The molecule has 2 aliphatic rings. The summed E-state index contributed by atoms with van der Waals surface area (Å²) < 4.78 is 39.3. The highest BCUT2D eigenvalue weighted by Crippen LogP contribution is 2.45. The van der Waals surface area contributed by atoms with Crippen molar-refractivity contribution in [2.75, 3.05) is 20.2 Å². The molecular formula is C23H25F2N3O4. The van der Waals surface area contributed by atoms with E-state index in [2.05, 4.69) is 5.10 Å². The van der Waals surface area contributed by atoms with E-state index in [1.165, 1.54) is 22.8 Å². The second kappa shape index (κ2) is 7.72. The van der Waals surface area contributed by atoms with E-state index in [1.807, 2.05) is 6.08 Å². The molecule has 32 heavy (non-hydrogen) atoms. The number of esters is 1. The molecule has 4 rings (SSSR count). The number of nitrogens with zero attached hydrogens (tertiary/aromatic N) is 3. The van der Waals surface area contributed by atoms with Crippen LogP contribution < -0.4 is 0 Å². The van der Waals surface area contributed by atoms with Crippen LogP contribution in [0.15, 0.2) is 30.0 Å². The van der Waals surface area contributed by atoms with Gasteiger partial charge in [0.05, 0.1) is 24.7 Å². The Bertz CT molecular complexity index is 1120. The molecule has 0 unspecified atom stereocenters. The summed E-state index contributed by atoms with van der Waals surface area (Å²) in [6.07, 6.45) is 3.67. The van der Waals surface area contributed by atoms with Crippen LogP contribution in [-0.2, 0) is 20.7 Å². The zero-order valence-corrected chi connectivity index (χ0v) is 18.4. The number of piperidine rings is 1. The lowest BCUT2D eigenvalue weighted by Gasteiger charge is -2.44. The van der Waals surface area contributed by atoms with Gasteiger partial charge in [-0.15, -0.1) is 0 Å². The fourth-order valence-electron chi connectivity index (χ4n) is 4.32. The van der Waals surface area contributed by atoms with Gasteiger partial charge in [0.25, 0.3) is 0 Å². The number of fused-ring (bicyclic) bond motifs is 2. The molecule has 0 radical (unpaired) electrons. The summed E-state index contributed by atoms with van der Waals surface area (Å²) in [6.45, 7) is 5.87. The molecule has 1 atom stereocenters. The number of benzene rings is 1. The lowest BCUT2D eigenvalue weighted by Crippen LogP contribution is -2.54. The third kappa shape index (κ3) is 3.76. The van der Waals surface area contributed by atoms with Gasteiger partial charge in [-0.2, -0.15) is 5.10 Å². The van der Waals surface area contributed by atoms with Crippen molar-refractivity contribution < 1.29 is 27.8 Å². The quantitative estimate of drug-likeness (QED) is 0.656. The maximum Gasteiger partial charge on any atom is 0.410 e. The smallest absolute Gasteiger partial charge is 0.410 e. The SMILES string of the molecule is COC(=O)[C@]12Cc3cnn(-c4ccc(F)c(F)c4)c3C=C1CCN(C(=O)OC(C)(C)C)C2. The van der Waals surface area contributed by atoms with Gasteiger partial charge >= 0.3 is 12.1 Å². The standard InChI is InChI=1S/C23H25F2N3O4/c1-22(2,3)32-21(30)27-8-7-15-9-19-14(11-23(15,13-27)20(29)31-4)12-26-28(19)16-5-6-17(24)18(25)10-16/h5-6,9-10,12H,7-8,11,13H2,1-4H3/t23-/m0/s1. The number of carbonyl (C=O) groups is 2. The van der Waals surface area contributed by atoms with E-state index in [0.29, 0.717) is 24.3 Å². The van der Waals surface area contributed by atoms with Crippen LogP contribution in [-0.4, -0.2) is 52.5 Å². The molecule has 1 aliphatic heterocycles. The van der Waals surface area contributed by atoms with Crippen molar-refractivity contribution in [2.24, 2.45) is 5.41 Å². The zero-order valence-electron chi connectivity index (χ0n) is 18.4. The molecule has 170 valence electrons. The molecule has 2 aromatic rings. The molecule has 1 aliphatic carbocycles. The molecular weight excluding hydrogens is 420 g/mol. The lowest BCUT2D eigenvalue weighted by molar-refractivity contribution is -0.152. The predicted molar refractivity (Wildman–Crippen MR) is 112 cm³/mol. The second-order valence-corrected chi connectivity index (χ2v) is 9.14. The maximum atomic E-state index is 13.8. The molecule has 1 aromatic heterocycles. The van der Waals surface area contributed by atoms with Gasteiger partial charge in [0.2, 0.25) is 0 Å². The third-order valence-corrected chi connectivity index (χ3v) is 5.79. The summed E-state index contributed by atoms with van der Waals surface area (Å²) in [5, 5.41) is 4.34. The Balaban J connectivity index is 1.71. The van der Waals surface area contributed by atoms with E-state index in [-0.39, 0.29) is 13.0 Å². The van der Waals surface area contributed by atoms with Crippen LogP contribution in [0.2, 0.25) is 0 Å². The number of halogens is 2. The Labute approximate surface area is 184 Å². The number of ether oxygens (including phenoxy) is 2. The molecule has 1 amide bonds. The first-order valence-corrected chi connectivity index (χ1v) is 10.3. The minimum absolute atomic E-state index is 0.121. The van der Waals surface area contributed by atoms with Gasteiger partial charge in [0, 0.05) is 19.2 Å². The van der Waals surface area contributed by atoms with Crippen molar-refractivity contribution in [3.63, 3.8) is 0 Å². The van der Waals surface area contributed by atoms with E-state index < -0.39 is 34.7 Å². The van der Waals surface area contributed by atoms with Gasteiger partial charge < -0.3 is 14.4 Å². The van der Waals surface area contributed by atoms with E-state index in [1.54, 1.807) is 27.0 Å². The first-order chi connectivity index (χ1) is 15.0. The predicted octanol–water partition coefficient (Wildman–Crippen LogP) is 3.89. The molecule has 9 heteroatoms. The van der Waals surface area contributed by atoms with Gasteiger partial charge in [-0.05, 0) is 63.0 Å². The molecule has 1 aromatic carbocycles. The van der Waals surface area contributed by atoms with Crippen molar-refractivity contribution in [1.82, 2.24) is 14.7 Å². The number of hydrogen-bond donors (Lipinski definition) is 0. The topological polar surface area (TPSA) is 73.7 Å². The number of carbonyl (C=O) groups excluding carboxylic acids is 2. The molecule has 0 N–H and O–H groups in total. The van der Waals surface area contributed by atoms with Gasteiger partial charge in [-0.3, -0.25) is 4.79 Å². The van der Waals surface area contributed by atoms with Crippen LogP contribution in [0.5, 0.6) is 0 Å². The Morgan fingerprint density at radius 2 is 1.94 bits per heavy atom. The highest BCUT2D eigenvalue weighted by molar-refractivity contribution is 5.86.